The maximum atomic E-state index is 11.8. The first-order valence-corrected chi connectivity index (χ1v) is 6.85. The zero-order valence-electron chi connectivity index (χ0n) is 11.2. The third kappa shape index (κ3) is 3.37. The fourth-order valence-corrected chi connectivity index (χ4v) is 1.99. The molecule has 1 aromatic heterocycles. The van der Waals surface area contributed by atoms with Crippen LogP contribution in [0.25, 0.3) is 0 Å². The molecule has 108 valence electrons. The average Bonchev–Trinajstić information content (AvgIpc) is 2.82. The van der Waals surface area contributed by atoms with Gasteiger partial charge in [0, 0.05) is 4.47 Å². The number of nitrogen functional groups attached to an aromatic ring is 1. The number of carbonyl (C=O) groups excluding carboxylic acids is 1. The Balaban J connectivity index is 2.15. The molecule has 0 saturated heterocycles. The van der Waals surface area contributed by atoms with Crippen molar-refractivity contribution in [3.05, 3.63) is 45.4 Å². The van der Waals surface area contributed by atoms with E-state index < -0.39 is 5.91 Å². The molecule has 8 heteroatoms. The second-order valence-electron chi connectivity index (χ2n) is 4.26. The molecule has 0 bridgehead atoms. The molecule has 0 radical (unpaired) electrons. The van der Waals surface area contributed by atoms with Gasteiger partial charge in [0.25, 0.3) is 5.91 Å². The minimum Gasteiger partial charge on any atom is -0.384 e. The summed E-state index contributed by atoms with van der Waals surface area (Å²) < 4.78 is 0.912. The molecule has 1 amide bonds. The Morgan fingerprint density at radius 2 is 1.86 bits per heavy atom. The average molecular weight is 357 g/mol. The lowest BCUT2D eigenvalue weighted by molar-refractivity contribution is -0.117. The highest BCUT2D eigenvalue weighted by atomic mass is 79.9. The summed E-state index contributed by atoms with van der Waals surface area (Å²) in [4.78, 5) is 14.3. The lowest BCUT2D eigenvalue weighted by atomic mass is 10.1. The van der Waals surface area contributed by atoms with Gasteiger partial charge < -0.3 is 10.7 Å². The fourth-order valence-electron chi connectivity index (χ4n) is 1.72. The maximum Gasteiger partial charge on any atom is 0.269 e. The number of nitriles is 2. The molecule has 2 rings (SSSR count). The normalized spacial score (nSPS) is 10.3. The summed E-state index contributed by atoms with van der Waals surface area (Å²) >= 11 is 3.30. The third-order valence-corrected chi connectivity index (χ3v) is 3.29. The van der Waals surface area contributed by atoms with E-state index in [0.717, 1.165) is 10.0 Å². The molecule has 0 aliphatic rings. The van der Waals surface area contributed by atoms with Crippen molar-refractivity contribution in [3.8, 4) is 12.1 Å². The molecule has 0 unspecified atom stereocenters. The molecule has 22 heavy (non-hydrogen) atoms. The van der Waals surface area contributed by atoms with Crippen LogP contribution >= 0.6 is 15.9 Å². The molecule has 3 N–H and O–H groups in total. The summed E-state index contributed by atoms with van der Waals surface area (Å²) in [7, 11) is 0. The molecule has 2 aromatic rings. The van der Waals surface area contributed by atoms with Crippen molar-refractivity contribution in [1.82, 2.24) is 4.98 Å². The number of nitrogens with zero attached hydrogens (tertiary/aromatic N) is 4. The van der Waals surface area contributed by atoms with Crippen molar-refractivity contribution < 1.29 is 4.79 Å². The number of benzene rings is 1. The van der Waals surface area contributed by atoms with Gasteiger partial charge in [-0.1, -0.05) is 28.1 Å². The van der Waals surface area contributed by atoms with Crippen LogP contribution in [-0.4, -0.2) is 10.9 Å². The predicted octanol–water partition coefficient (Wildman–Crippen LogP) is 2.96. The predicted molar refractivity (Wildman–Crippen MR) is 82.0 cm³/mol. The van der Waals surface area contributed by atoms with Gasteiger partial charge in [0.05, 0.1) is 6.42 Å². The molecule has 0 atom stereocenters. The van der Waals surface area contributed by atoms with Crippen molar-refractivity contribution in [2.24, 2.45) is 10.2 Å². The number of halogens is 1. The van der Waals surface area contributed by atoms with Crippen molar-refractivity contribution in [1.29, 1.82) is 10.5 Å². The van der Waals surface area contributed by atoms with Crippen LogP contribution in [0.2, 0.25) is 0 Å². The molecular formula is C14H9BrN6O. The van der Waals surface area contributed by atoms with Gasteiger partial charge in [0.2, 0.25) is 0 Å². The first-order chi connectivity index (χ1) is 10.5. The van der Waals surface area contributed by atoms with Crippen LogP contribution in [0.15, 0.2) is 39.0 Å². The Morgan fingerprint density at radius 1 is 1.23 bits per heavy atom. The minimum absolute atomic E-state index is 0.000654. The summed E-state index contributed by atoms with van der Waals surface area (Å²) in [5.74, 6) is -0.452. The lowest BCUT2D eigenvalue weighted by Gasteiger charge is -1.96. The van der Waals surface area contributed by atoms with E-state index in [2.05, 4.69) is 31.1 Å². The molecule has 0 spiro atoms. The number of H-pyrrole nitrogens is 1. The van der Waals surface area contributed by atoms with Crippen molar-refractivity contribution in [3.63, 3.8) is 0 Å². The van der Waals surface area contributed by atoms with Gasteiger partial charge in [-0.15, -0.1) is 10.2 Å². The SMILES string of the molecule is N#Cc1c(N)[nH]c(N=NC(=O)Cc2ccc(Br)cc2)c1C#N. The number of carbonyl (C=O) groups is 1. The Hall–Kier alpha value is -2.97. The molecule has 0 saturated carbocycles. The van der Waals surface area contributed by atoms with Gasteiger partial charge in [-0.05, 0) is 17.7 Å². The number of azo groups is 1. The molecule has 0 aliphatic carbocycles. The van der Waals surface area contributed by atoms with Crippen LogP contribution < -0.4 is 5.73 Å². The zero-order valence-corrected chi connectivity index (χ0v) is 12.8. The summed E-state index contributed by atoms with van der Waals surface area (Å²) in [6, 6.07) is 10.8. The van der Waals surface area contributed by atoms with Crippen LogP contribution in [0.3, 0.4) is 0 Å². The molecule has 0 aliphatic heterocycles. The summed E-state index contributed by atoms with van der Waals surface area (Å²) in [5.41, 5.74) is 6.31. The van der Waals surface area contributed by atoms with Gasteiger partial charge in [-0.3, -0.25) is 4.79 Å². The largest absolute Gasteiger partial charge is 0.384 e. The number of rotatable bonds is 3. The van der Waals surface area contributed by atoms with E-state index >= 15 is 0 Å². The number of hydrogen-bond acceptors (Lipinski definition) is 5. The van der Waals surface area contributed by atoms with Gasteiger partial charge in [0.15, 0.2) is 5.82 Å². The van der Waals surface area contributed by atoms with Crippen molar-refractivity contribution >= 4 is 33.5 Å². The van der Waals surface area contributed by atoms with E-state index in [-0.39, 0.29) is 29.2 Å². The van der Waals surface area contributed by atoms with E-state index in [1.165, 1.54) is 0 Å². The molecule has 1 aromatic carbocycles. The number of amides is 1. The second kappa shape index (κ2) is 6.66. The van der Waals surface area contributed by atoms with E-state index in [1.54, 1.807) is 18.2 Å². The van der Waals surface area contributed by atoms with Gasteiger partial charge in [0.1, 0.15) is 29.1 Å². The summed E-state index contributed by atoms with van der Waals surface area (Å²) in [6.07, 6.45) is 0.0833. The summed E-state index contributed by atoms with van der Waals surface area (Å²) in [6.45, 7) is 0. The highest BCUT2D eigenvalue weighted by Gasteiger charge is 2.15. The zero-order chi connectivity index (χ0) is 16.1. The fraction of sp³-hybridized carbons (Fsp3) is 0.0714. The highest BCUT2D eigenvalue weighted by Crippen LogP contribution is 2.26. The topological polar surface area (TPSA) is 131 Å². The quantitative estimate of drug-likeness (QED) is 0.818. The second-order valence-corrected chi connectivity index (χ2v) is 5.17. The van der Waals surface area contributed by atoms with Crippen LogP contribution in [-0.2, 0) is 11.2 Å². The monoisotopic (exact) mass is 356 g/mol. The van der Waals surface area contributed by atoms with Crippen molar-refractivity contribution in [2.75, 3.05) is 5.73 Å². The number of aromatic nitrogens is 1. The van der Waals surface area contributed by atoms with E-state index in [1.807, 2.05) is 18.2 Å². The standard InChI is InChI=1S/C14H9BrN6O/c15-9-3-1-8(2-4-9)5-12(22)20-21-14-11(7-17)10(6-16)13(18)19-14/h1-4,19H,5,18H2. The smallest absolute Gasteiger partial charge is 0.269 e. The number of aromatic amines is 1. The Kier molecular flexibility index (Phi) is 4.66. The molecule has 0 fully saturated rings. The summed E-state index contributed by atoms with van der Waals surface area (Å²) in [5, 5.41) is 25.1. The van der Waals surface area contributed by atoms with E-state index in [4.69, 9.17) is 16.3 Å². The lowest BCUT2D eigenvalue weighted by Crippen LogP contribution is -1.97. The highest BCUT2D eigenvalue weighted by molar-refractivity contribution is 9.10. The number of nitrogens with two attached hydrogens (primary N) is 1. The Bertz CT molecular complexity index is 823. The van der Waals surface area contributed by atoms with Crippen molar-refractivity contribution in [2.45, 2.75) is 6.42 Å². The number of hydrogen-bond donors (Lipinski definition) is 2. The van der Waals surface area contributed by atoms with Crippen LogP contribution in [0, 0.1) is 22.7 Å². The van der Waals surface area contributed by atoms with Crippen LogP contribution in [0.4, 0.5) is 11.6 Å². The van der Waals surface area contributed by atoms with Gasteiger partial charge in [-0.25, -0.2) is 0 Å². The molecule has 1 heterocycles. The first-order valence-electron chi connectivity index (χ1n) is 6.05. The maximum absolute atomic E-state index is 11.8. The Morgan fingerprint density at radius 3 is 2.45 bits per heavy atom. The van der Waals surface area contributed by atoms with Gasteiger partial charge in [-0.2, -0.15) is 10.5 Å². The number of anilines is 1. The Labute approximate surface area is 134 Å². The van der Waals surface area contributed by atoms with Gasteiger partial charge >= 0.3 is 0 Å². The molecular weight excluding hydrogens is 348 g/mol. The molecule has 7 nitrogen and oxygen atoms in total. The van der Waals surface area contributed by atoms with Crippen LogP contribution in [0.5, 0.6) is 0 Å². The van der Waals surface area contributed by atoms with E-state index in [0.29, 0.717) is 0 Å². The van der Waals surface area contributed by atoms with E-state index in [9.17, 15) is 4.79 Å². The number of nitrogens with one attached hydrogen (secondary N) is 1. The minimum atomic E-state index is -0.474. The first kappa shape index (κ1) is 15.4. The van der Waals surface area contributed by atoms with Crippen LogP contribution in [0.1, 0.15) is 16.7 Å². The third-order valence-electron chi connectivity index (χ3n) is 2.76.